The summed E-state index contributed by atoms with van der Waals surface area (Å²) in [6.45, 7) is 0. The van der Waals surface area contributed by atoms with Crippen LogP contribution in [0.4, 0.5) is 3.89 Å². The summed E-state index contributed by atoms with van der Waals surface area (Å²) in [5, 5.41) is 4.33. The predicted molar refractivity (Wildman–Crippen MR) is 47.0 cm³/mol. The summed E-state index contributed by atoms with van der Waals surface area (Å²) in [5.41, 5.74) is 0. The van der Waals surface area contributed by atoms with Crippen LogP contribution in [-0.4, -0.2) is 37.8 Å². The van der Waals surface area contributed by atoms with Gasteiger partial charge in [-0.3, -0.25) is 0 Å². The summed E-state index contributed by atoms with van der Waals surface area (Å²) in [6, 6.07) is 0. The third-order valence-electron chi connectivity index (χ3n) is 0.251. The maximum Gasteiger partial charge on any atom is 0.385 e. The highest BCUT2D eigenvalue weighted by molar-refractivity contribution is 8.02. The van der Waals surface area contributed by atoms with Gasteiger partial charge >= 0.3 is 10.4 Å². The molecule has 0 heterocycles. The molecule has 0 radical (unpaired) electrons. The average Bonchev–Trinajstić information content (AvgIpc) is 1.42. The maximum absolute atomic E-state index is 11.4. The third kappa shape index (κ3) is 41.2. The molecule has 0 aromatic carbocycles. The Morgan fingerprint density at radius 1 is 1.00 bits per heavy atom. The Morgan fingerprint density at radius 2 is 1.21 bits per heavy atom. The Bertz CT molecular complexity index is 421. The summed E-state index contributed by atoms with van der Waals surface area (Å²) in [7, 11) is -12.3. The van der Waals surface area contributed by atoms with E-state index in [2.05, 4.69) is 5.14 Å². The first-order valence-electron chi connectivity index (χ1n) is 2.61. The zero-order valence-electron chi connectivity index (χ0n) is 7.13. The van der Waals surface area contributed by atoms with Crippen LogP contribution in [0.15, 0.2) is 0 Å². The van der Waals surface area contributed by atoms with Crippen molar-refractivity contribution in [3.8, 4) is 0 Å². The molecule has 0 rings (SSSR count). The van der Waals surface area contributed by atoms with Gasteiger partial charge in [0, 0.05) is 0 Å². The normalized spacial score (nSPS) is 12.9. The van der Waals surface area contributed by atoms with Crippen molar-refractivity contribution >= 4 is 30.5 Å². The van der Waals surface area contributed by atoms with Crippen molar-refractivity contribution in [1.82, 2.24) is 4.13 Å². The molecule has 0 unspecified atom stereocenters. The minimum atomic E-state index is -5.12. The smallest absolute Gasteiger partial charge is 0.229 e. The second kappa shape index (κ2) is 4.97. The molecule has 12 heteroatoms. The molecule has 0 aromatic heterocycles. The summed E-state index contributed by atoms with van der Waals surface area (Å²) >= 11 is 0. The molecule has 8 nitrogen and oxygen atoms in total. The van der Waals surface area contributed by atoms with Gasteiger partial charge in [-0.25, -0.2) is 22.0 Å². The molecule has 0 aliphatic carbocycles. The van der Waals surface area contributed by atoms with Gasteiger partial charge in [-0.15, -0.1) is 0 Å². The van der Waals surface area contributed by atoms with E-state index in [1.54, 1.807) is 0 Å². The minimum Gasteiger partial charge on any atom is -0.229 e. The highest BCUT2D eigenvalue weighted by atomic mass is 32.3. The van der Waals surface area contributed by atoms with Crippen LogP contribution in [-0.2, 0) is 30.5 Å². The van der Waals surface area contributed by atoms with Gasteiger partial charge in [0.05, 0.1) is 12.5 Å². The highest BCUT2D eigenvalue weighted by Gasteiger charge is 2.12. The zero-order chi connectivity index (χ0) is 12.2. The Balaban J connectivity index is 0. The molecule has 88 valence electrons. The molecule has 0 atom stereocenters. The monoisotopic (exact) mass is 272 g/mol. The van der Waals surface area contributed by atoms with Gasteiger partial charge < -0.3 is 0 Å². The van der Waals surface area contributed by atoms with Crippen LogP contribution >= 0.6 is 0 Å². The van der Waals surface area contributed by atoms with E-state index in [1.165, 1.54) is 0 Å². The van der Waals surface area contributed by atoms with Crippen molar-refractivity contribution in [2.45, 2.75) is 0 Å². The van der Waals surface area contributed by atoms with Crippen LogP contribution in [0.3, 0.4) is 0 Å². The first-order valence-corrected chi connectivity index (χ1v) is 7.84. The second-order valence-corrected chi connectivity index (χ2v) is 6.87. The fourth-order valence-corrected chi connectivity index (χ4v) is 1.63. The van der Waals surface area contributed by atoms with E-state index in [4.69, 9.17) is 0 Å². The molecule has 0 bridgehead atoms. The Hall–Kier alpha value is -0.300. The first-order chi connectivity index (χ1) is 5.71. The molecule has 14 heavy (non-hydrogen) atoms. The number of hydrogen-bond acceptors (Lipinski definition) is 6. The molecule has 0 aromatic rings. The average molecular weight is 272 g/mol. The standard InChI is InChI=1S/CH4FNO4S2.CH5NO2S/c1-8(4,5)3-9(2,6)7;1-5(2,3)4/h3H,1H3;1H3,(H2,2,3,4). The van der Waals surface area contributed by atoms with Gasteiger partial charge in [-0.2, -0.15) is 8.42 Å². The van der Waals surface area contributed by atoms with Crippen LogP contribution in [0.1, 0.15) is 0 Å². The fraction of sp³-hybridized carbons (Fsp3) is 1.00. The third-order valence-corrected chi connectivity index (χ3v) is 2.26. The van der Waals surface area contributed by atoms with Gasteiger partial charge in [0.1, 0.15) is 0 Å². The van der Waals surface area contributed by atoms with E-state index >= 15 is 0 Å². The molecule has 0 aliphatic heterocycles. The lowest BCUT2D eigenvalue weighted by Crippen LogP contribution is -2.25. The van der Waals surface area contributed by atoms with Crippen molar-refractivity contribution in [3.63, 3.8) is 0 Å². The van der Waals surface area contributed by atoms with E-state index in [0.29, 0.717) is 6.26 Å². The SMILES string of the molecule is CS(=O)(=O)NS(=O)(=O)F.CS(N)(=O)=O. The molecule has 0 saturated heterocycles. The van der Waals surface area contributed by atoms with E-state index < -0.39 is 30.5 Å². The van der Waals surface area contributed by atoms with Crippen molar-refractivity contribution < 1.29 is 29.1 Å². The van der Waals surface area contributed by atoms with Crippen LogP contribution in [0, 0.1) is 0 Å². The molecular weight excluding hydrogens is 263 g/mol. The Labute approximate surface area is 81.7 Å². The number of nitrogens with one attached hydrogen (secondary N) is 1. The number of halogens is 1. The van der Waals surface area contributed by atoms with Crippen LogP contribution in [0.5, 0.6) is 0 Å². The van der Waals surface area contributed by atoms with Gasteiger partial charge in [0.25, 0.3) is 0 Å². The van der Waals surface area contributed by atoms with Gasteiger partial charge in [0.15, 0.2) is 0 Å². The molecule has 0 aliphatic rings. The number of primary sulfonamides is 1. The van der Waals surface area contributed by atoms with Crippen molar-refractivity contribution in [3.05, 3.63) is 0 Å². The van der Waals surface area contributed by atoms with Gasteiger partial charge in [0.2, 0.25) is 20.0 Å². The molecule has 0 amide bonds. The fourth-order valence-electron chi connectivity index (χ4n) is 0.181. The van der Waals surface area contributed by atoms with E-state index in [-0.39, 0.29) is 0 Å². The Morgan fingerprint density at radius 3 is 1.21 bits per heavy atom. The summed E-state index contributed by atoms with van der Waals surface area (Å²) in [4.78, 5) is 0. The molecule has 0 spiro atoms. The van der Waals surface area contributed by atoms with Crippen LogP contribution < -0.4 is 9.27 Å². The molecule has 0 saturated carbocycles. The van der Waals surface area contributed by atoms with Crippen molar-refractivity contribution in [2.75, 3.05) is 12.5 Å². The van der Waals surface area contributed by atoms with Gasteiger partial charge in [-0.1, -0.05) is 8.01 Å². The predicted octanol–water partition coefficient (Wildman–Crippen LogP) is -2.35. The Kier molecular flexibility index (Phi) is 5.73. The molecule has 3 N–H and O–H groups in total. The summed E-state index contributed by atoms with van der Waals surface area (Å²) in [6.07, 6.45) is 1.47. The zero-order valence-corrected chi connectivity index (χ0v) is 9.58. The van der Waals surface area contributed by atoms with E-state index in [9.17, 15) is 29.1 Å². The summed E-state index contributed by atoms with van der Waals surface area (Å²) < 4.78 is 69.7. The highest BCUT2D eigenvalue weighted by Crippen LogP contribution is 1.85. The largest absolute Gasteiger partial charge is 0.385 e. The second-order valence-electron chi connectivity index (χ2n) is 2.12. The van der Waals surface area contributed by atoms with Crippen molar-refractivity contribution in [2.24, 2.45) is 5.14 Å². The van der Waals surface area contributed by atoms with Crippen LogP contribution in [0.2, 0.25) is 0 Å². The van der Waals surface area contributed by atoms with Crippen LogP contribution in [0.25, 0.3) is 0 Å². The topological polar surface area (TPSA) is 140 Å². The van der Waals surface area contributed by atoms with Gasteiger partial charge in [-0.05, 0) is 0 Å². The maximum atomic E-state index is 11.4. The first kappa shape index (κ1) is 16.1. The van der Waals surface area contributed by atoms with E-state index in [0.717, 1.165) is 10.4 Å². The number of sulfonamides is 2. The lowest BCUT2D eigenvalue weighted by Gasteiger charge is -1.91. The number of hydrogen-bond donors (Lipinski definition) is 2. The minimum absolute atomic E-state index is 0.532. The molecule has 0 fully saturated rings. The van der Waals surface area contributed by atoms with E-state index in [1.807, 2.05) is 0 Å². The quantitative estimate of drug-likeness (QED) is 0.539. The number of rotatable bonds is 2. The lowest BCUT2D eigenvalue weighted by atomic mass is 12.0. The summed E-state index contributed by atoms with van der Waals surface area (Å²) in [5.74, 6) is 0. The lowest BCUT2D eigenvalue weighted by molar-refractivity contribution is 0.543. The van der Waals surface area contributed by atoms with Crippen molar-refractivity contribution in [1.29, 1.82) is 0 Å². The molecular formula is C2H9FN2O6S3. The number of nitrogens with two attached hydrogens (primary N) is 1.